The lowest BCUT2D eigenvalue weighted by Gasteiger charge is -2.28. The summed E-state index contributed by atoms with van der Waals surface area (Å²) < 4.78 is 27.0. The standard InChI is InChI=1S/C25H20F2N4O/c26-19-9-21-22(10-20(19)27)30-24(12-28-21)29-11-23-18-8-15(18)13-31(23)25(32)17-7-3-5-14-4-1-2-6-16(14)17/h1-7,9-10,12,15,18,23H,8,11,13H2,(H,29,30). The number of aromatic nitrogens is 2. The van der Waals surface area contributed by atoms with E-state index in [0.29, 0.717) is 29.7 Å². The van der Waals surface area contributed by atoms with Crippen LogP contribution >= 0.6 is 0 Å². The molecular formula is C25H20F2N4O. The minimum Gasteiger partial charge on any atom is -0.367 e. The van der Waals surface area contributed by atoms with Gasteiger partial charge in [-0.3, -0.25) is 9.78 Å². The number of piperidine rings is 1. The molecule has 2 fully saturated rings. The lowest BCUT2D eigenvalue weighted by Crippen LogP contribution is -2.42. The Labute approximate surface area is 183 Å². The summed E-state index contributed by atoms with van der Waals surface area (Å²) in [5.74, 6) is -0.358. The van der Waals surface area contributed by atoms with E-state index in [-0.39, 0.29) is 17.5 Å². The minimum absolute atomic E-state index is 0.0444. The minimum atomic E-state index is -0.951. The molecule has 0 spiro atoms. The Morgan fingerprint density at radius 2 is 1.84 bits per heavy atom. The predicted molar refractivity (Wildman–Crippen MR) is 118 cm³/mol. The average molecular weight is 430 g/mol. The molecule has 32 heavy (non-hydrogen) atoms. The SMILES string of the molecule is O=C(c1cccc2ccccc12)N1CC2CC2C1CNc1cnc2cc(F)c(F)cc2n1. The highest BCUT2D eigenvalue weighted by Gasteiger charge is 2.53. The van der Waals surface area contributed by atoms with Gasteiger partial charge in [0.1, 0.15) is 5.82 Å². The molecular weight excluding hydrogens is 410 g/mol. The van der Waals surface area contributed by atoms with Gasteiger partial charge in [0, 0.05) is 30.8 Å². The van der Waals surface area contributed by atoms with Gasteiger partial charge < -0.3 is 10.2 Å². The molecule has 3 unspecified atom stereocenters. The zero-order valence-corrected chi connectivity index (χ0v) is 17.1. The van der Waals surface area contributed by atoms with Crippen LogP contribution in [-0.4, -0.2) is 39.9 Å². The molecule has 4 aromatic rings. The van der Waals surface area contributed by atoms with E-state index in [1.165, 1.54) is 6.20 Å². The number of anilines is 1. The van der Waals surface area contributed by atoms with Gasteiger partial charge in [-0.2, -0.15) is 0 Å². The van der Waals surface area contributed by atoms with Crippen molar-refractivity contribution < 1.29 is 13.6 Å². The molecule has 3 atom stereocenters. The smallest absolute Gasteiger partial charge is 0.254 e. The summed E-state index contributed by atoms with van der Waals surface area (Å²) in [6.07, 6.45) is 2.63. The number of carbonyl (C=O) groups is 1. The van der Waals surface area contributed by atoms with Crippen LogP contribution in [0.2, 0.25) is 0 Å². The summed E-state index contributed by atoms with van der Waals surface area (Å²) in [4.78, 5) is 24.0. The molecule has 2 heterocycles. The van der Waals surface area contributed by atoms with Gasteiger partial charge in [0.25, 0.3) is 5.91 Å². The van der Waals surface area contributed by atoms with E-state index in [9.17, 15) is 13.6 Å². The number of carbonyl (C=O) groups excluding carboxylic acids is 1. The van der Waals surface area contributed by atoms with Crippen molar-refractivity contribution in [3.05, 3.63) is 78.0 Å². The molecule has 0 bridgehead atoms. The molecule has 1 aromatic heterocycles. The van der Waals surface area contributed by atoms with Crippen molar-refractivity contribution in [1.29, 1.82) is 0 Å². The maximum atomic E-state index is 13.6. The van der Waals surface area contributed by atoms with Crippen LogP contribution in [0.25, 0.3) is 21.8 Å². The van der Waals surface area contributed by atoms with E-state index < -0.39 is 11.6 Å². The second kappa shape index (κ2) is 7.22. The predicted octanol–water partition coefficient (Wildman–Crippen LogP) is 4.63. The highest BCUT2D eigenvalue weighted by atomic mass is 19.2. The molecule has 160 valence electrons. The molecule has 2 aliphatic rings. The summed E-state index contributed by atoms with van der Waals surface area (Å²) in [5.41, 5.74) is 1.30. The van der Waals surface area contributed by atoms with Gasteiger partial charge in [0.2, 0.25) is 0 Å². The molecule has 3 aromatic carbocycles. The van der Waals surface area contributed by atoms with Crippen molar-refractivity contribution >= 4 is 33.5 Å². The first kappa shape index (κ1) is 19.1. The zero-order valence-electron chi connectivity index (χ0n) is 17.1. The topological polar surface area (TPSA) is 58.1 Å². The molecule has 1 saturated heterocycles. The fourth-order valence-corrected chi connectivity index (χ4v) is 4.94. The van der Waals surface area contributed by atoms with Crippen LogP contribution in [0, 0.1) is 23.5 Å². The van der Waals surface area contributed by atoms with Gasteiger partial charge in [0.15, 0.2) is 11.6 Å². The highest BCUT2D eigenvalue weighted by Crippen LogP contribution is 2.50. The van der Waals surface area contributed by atoms with E-state index in [1.54, 1.807) is 0 Å². The maximum Gasteiger partial charge on any atom is 0.254 e. The van der Waals surface area contributed by atoms with Crippen molar-refractivity contribution in [2.75, 3.05) is 18.4 Å². The van der Waals surface area contributed by atoms with Gasteiger partial charge in [-0.15, -0.1) is 0 Å². The van der Waals surface area contributed by atoms with Crippen LogP contribution < -0.4 is 5.32 Å². The number of fused-ring (bicyclic) bond motifs is 3. The number of rotatable bonds is 4. The lowest BCUT2D eigenvalue weighted by atomic mass is 10.0. The molecule has 1 aliphatic heterocycles. The maximum absolute atomic E-state index is 13.6. The van der Waals surface area contributed by atoms with Crippen LogP contribution in [0.4, 0.5) is 14.6 Å². The monoisotopic (exact) mass is 430 g/mol. The Bertz CT molecular complexity index is 1370. The highest BCUT2D eigenvalue weighted by molar-refractivity contribution is 6.07. The molecule has 6 rings (SSSR count). The van der Waals surface area contributed by atoms with Gasteiger partial charge >= 0.3 is 0 Å². The quantitative estimate of drug-likeness (QED) is 0.513. The lowest BCUT2D eigenvalue weighted by molar-refractivity contribution is 0.0717. The number of benzene rings is 3. The van der Waals surface area contributed by atoms with Crippen LogP contribution in [-0.2, 0) is 0 Å². The third-order valence-electron chi connectivity index (χ3n) is 6.66. The van der Waals surface area contributed by atoms with Gasteiger partial charge in [-0.1, -0.05) is 36.4 Å². The molecule has 1 saturated carbocycles. The van der Waals surface area contributed by atoms with E-state index in [0.717, 1.165) is 41.4 Å². The van der Waals surface area contributed by atoms with E-state index in [2.05, 4.69) is 15.3 Å². The number of likely N-dealkylation sites (tertiary alicyclic amines) is 1. The third-order valence-corrected chi connectivity index (χ3v) is 6.66. The summed E-state index contributed by atoms with van der Waals surface area (Å²) in [7, 11) is 0. The number of amides is 1. The third kappa shape index (κ3) is 3.16. The van der Waals surface area contributed by atoms with Crippen LogP contribution in [0.5, 0.6) is 0 Å². The Kier molecular flexibility index (Phi) is 4.31. The van der Waals surface area contributed by atoms with E-state index in [4.69, 9.17) is 0 Å². The zero-order chi connectivity index (χ0) is 21.8. The first-order valence-corrected chi connectivity index (χ1v) is 10.7. The number of halogens is 2. The molecule has 7 heteroatoms. The summed E-state index contributed by atoms with van der Waals surface area (Å²) in [6.45, 7) is 1.29. The number of nitrogens with zero attached hydrogens (tertiary/aromatic N) is 3. The average Bonchev–Trinajstić information content (AvgIpc) is 3.49. The van der Waals surface area contributed by atoms with Crippen molar-refractivity contribution in [3.8, 4) is 0 Å². The van der Waals surface area contributed by atoms with Gasteiger partial charge in [-0.25, -0.2) is 13.8 Å². The molecule has 1 N–H and O–H groups in total. The Morgan fingerprint density at radius 1 is 1.06 bits per heavy atom. The van der Waals surface area contributed by atoms with Crippen LogP contribution in [0.1, 0.15) is 16.8 Å². The van der Waals surface area contributed by atoms with Gasteiger partial charge in [-0.05, 0) is 35.1 Å². The largest absolute Gasteiger partial charge is 0.367 e. The van der Waals surface area contributed by atoms with E-state index in [1.807, 2.05) is 47.4 Å². The number of hydrogen-bond acceptors (Lipinski definition) is 4. The van der Waals surface area contributed by atoms with Crippen molar-refractivity contribution in [1.82, 2.24) is 14.9 Å². The second-order valence-corrected chi connectivity index (χ2v) is 8.60. The fourth-order valence-electron chi connectivity index (χ4n) is 4.94. The number of nitrogens with one attached hydrogen (secondary N) is 1. The summed E-state index contributed by atoms with van der Waals surface area (Å²) >= 11 is 0. The second-order valence-electron chi connectivity index (χ2n) is 8.60. The molecule has 0 radical (unpaired) electrons. The first-order chi connectivity index (χ1) is 15.6. The summed E-state index contributed by atoms with van der Waals surface area (Å²) in [6, 6.07) is 15.9. The normalized spacial score (nSPS) is 21.7. The first-order valence-electron chi connectivity index (χ1n) is 10.7. The van der Waals surface area contributed by atoms with Crippen molar-refractivity contribution in [2.24, 2.45) is 11.8 Å². The number of hydrogen-bond donors (Lipinski definition) is 1. The van der Waals surface area contributed by atoms with Crippen molar-refractivity contribution in [3.63, 3.8) is 0 Å². The van der Waals surface area contributed by atoms with Crippen LogP contribution in [0.15, 0.2) is 60.8 Å². The summed E-state index contributed by atoms with van der Waals surface area (Å²) in [5, 5.41) is 5.27. The molecule has 1 aliphatic carbocycles. The fraction of sp³-hybridized carbons (Fsp3) is 0.240. The van der Waals surface area contributed by atoms with Crippen molar-refractivity contribution in [2.45, 2.75) is 12.5 Å². The molecule has 5 nitrogen and oxygen atoms in total. The Morgan fingerprint density at radius 3 is 2.72 bits per heavy atom. The van der Waals surface area contributed by atoms with Gasteiger partial charge in [0.05, 0.1) is 23.3 Å². The van der Waals surface area contributed by atoms with E-state index >= 15 is 0 Å². The Balaban J connectivity index is 1.24. The molecule has 1 amide bonds. The van der Waals surface area contributed by atoms with Crippen LogP contribution in [0.3, 0.4) is 0 Å². The Hall–Kier alpha value is -3.61.